The molecular formula is C13H14Cl2N2O2. The molecular weight excluding hydrogens is 287 g/mol. The van der Waals surface area contributed by atoms with E-state index in [9.17, 15) is 9.59 Å². The number of carbonyl (C=O) groups excluding carboxylic acids is 2. The Morgan fingerprint density at radius 1 is 1.37 bits per heavy atom. The Kier molecular flexibility index (Phi) is 4.32. The Morgan fingerprint density at radius 3 is 2.53 bits per heavy atom. The molecule has 4 nitrogen and oxygen atoms in total. The predicted molar refractivity (Wildman–Crippen MR) is 74.1 cm³/mol. The summed E-state index contributed by atoms with van der Waals surface area (Å²) in [5.41, 5.74) is 0.866. The van der Waals surface area contributed by atoms with E-state index < -0.39 is 0 Å². The van der Waals surface area contributed by atoms with E-state index in [0.29, 0.717) is 23.1 Å². The van der Waals surface area contributed by atoms with Crippen molar-refractivity contribution in [2.24, 2.45) is 5.92 Å². The van der Waals surface area contributed by atoms with Crippen molar-refractivity contribution < 1.29 is 9.59 Å². The quantitative estimate of drug-likeness (QED) is 0.929. The number of benzene rings is 1. The van der Waals surface area contributed by atoms with Gasteiger partial charge in [-0.25, -0.2) is 0 Å². The smallest absolute Gasteiger partial charge is 0.228 e. The Balaban J connectivity index is 2.02. The fourth-order valence-electron chi connectivity index (χ4n) is 2.15. The molecule has 0 saturated carbocycles. The van der Waals surface area contributed by atoms with Gasteiger partial charge in [-0.1, -0.05) is 23.2 Å². The lowest BCUT2D eigenvalue weighted by Gasteiger charge is -2.20. The van der Waals surface area contributed by atoms with Gasteiger partial charge in [0.1, 0.15) is 0 Å². The molecule has 1 saturated heterocycles. The molecule has 2 amide bonds. The van der Waals surface area contributed by atoms with Crippen LogP contribution in [0.3, 0.4) is 0 Å². The molecule has 19 heavy (non-hydrogen) atoms. The summed E-state index contributed by atoms with van der Waals surface area (Å²) in [4.78, 5) is 24.8. The molecule has 1 aromatic rings. The highest BCUT2D eigenvalue weighted by Gasteiger charge is 2.29. The lowest BCUT2D eigenvalue weighted by atomic mass is 10.1. The van der Waals surface area contributed by atoms with Gasteiger partial charge in [0.2, 0.25) is 11.8 Å². The van der Waals surface area contributed by atoms with Crippen LogP contribution < -0.4 is 5.32 Å². The maximum Gasteiger partial charge on any atom is 0.228 e. The average molecular weight is 301 g/mol. The predicted octanol–water partition coefficient (Wildman–Crippen LogP) is 2.09. The maximum atomic E-state index is 12.1. The van der Waals surface area contributed by atoms with Gasteiger partial charge in [0.25, 0.3) is 0 Å². The van der Waals surface area contributed by atoms with Gasteiger partial charge in [0.05, 0.1) is 5.92 Å². The molecule has 6 heteroatoms. The highest BCUT2D eigenvalue weighted by Crippen LogP contribution is 2.21. The standard InChI is InChI=1S/C13H14Cl2N2O2/c1-17(13(19)9-4-12(18)16-6-9)7-8-2-10(14)5-11(15)3-8/h2-3,5,9H,4,6-7H2,1H3,(H,16,18). The number of amides is 2. The Morgan fingerprint density at radius 2 is 2.00 bits per heavy atom. The van der Waals surface area contributed by atoms with Gasteiger partial charge in [-0.3, -0.25) is 9.59 Å². The van der Waals surface area contributed by atoms with Gasteiger partial charge in [-0.05, 0) is 23.8 Å². The Labute approximate surface area is 121 Å². The van der Waals surface area contributed by atoms with E-state index in [1.807, 2.05) is 0 Å². The second-order valence-corrected chi connectivity index (χ2v) is 5.55. The summed E-state index contributed by atoms with van der Waals surface area (Å²) < 4.78 is 0. The van der Waals surface area contributed by atoms with Crippen LogP contribution in [0.4, 0.5) is 0 Å². The first-order valence-corrected chi connectivity index (χ1v) is 6.68. The number of hydrogen-bond acceptors (Lipinski definition) is 2. The minimum absolute atomic E-state index is 0.0468. The molecule has 1 aliphatic heterocycles. The monoisotopic (exact) mass is 300 g/mol. The van der Waals surface area contributed by atoms with Crippen molar-refractivity contribution in [1.29, 1.82) is 0 Å². The number of hydrogen-bond donors (Lipinski definition) is 1. The van der Waals surface area contributed by atoms with E-state index in [-0.39, 0.29) is 24.2 Å². The molecule has 1 atom stereocenters. The number of rotatable bonds is 3. The SMILES string of the molecule is CN(Cc1cc(Cl)cc(Cl)c1)C(=O)C1CNC(=O)C1. The second kappa shape index (κ2) is 5.80. The Bertz CT molecular complexity index is 499. The Hall–Kier alpha value is -1.26. The highest BCUT2D eigenvalue weighted by atomic mass is 35.5. The summed E-state index contributed by atoms with van der Waals surface area (Å²) in [6, 6.07) is 5.19. The lowest BCUT2D eigenvalue weighted by molar-refractivity contribution is -0.135. The molecule has 1 fully saturated rings. The van der Waals surface area contributed by atoms with E-state index in [0.717, 1.165) is 5.56 Å². The topological polar surface area (TPSA) is 49.4 Å². The number of nitrogens with one attached hydrogen (secondary N) is 1. The molecule has 0 aliphatic carbocycles. The number of nitrogens with zero attached hydrogens (tertiary/aromatic N) is 1. The zero-order valence-electron chi connectivity index (χ0n) is 10.5. The van der Waals surface area contributed by atoms with E-state index in [4.69, 9.17) is 23.2 Å². The van der Waals surface area contributed by atoms with Gasteiger partial charge in [-0.2, -0.15) is 0 Å². The first-order valence-electron chi connectivity index (χ1n) is 5.92. The first kappa shape index (κ1) is 14.2. The fourth-order valence-corrected chi connectivity index (χ4v) is 2.72. The minimum Gasteiger partial charge on any atom is -0.355 e. The van der Waals surface area contributed by atoms with Crippen molar-refractivity contribution in [2.75, 3.05) is 13.6 Å². The van der Waals surface area contributed by atoms with Crippen LogP contribution in [0, 0.1) is 5.92 Å². The second-order valence-electron chi connectivity index (χ2n) is 4.68. The van der Waals surface area contributed by atoms with Gasteiger partial charge < -0.3 is 10.2 Å². The van der Waals surface area contributed by atoms with Crippen LogP contribution >= 0.6 is 23.2 Å². The van der Waals surface area contributed by atoms with Gasteiger partial charge in [-0.15, -0.1) is 0 Å². The minimum atomic E-state index is -0.271. The molecule has 0 radical (unpaired) electrons. The molecule has 102 valence electrons. The third-order valence-electron chi connectivity index (χ3n) is 3.04. The highest BCUT2D eigenvalue weighted by molar-refractivity contribution is 6.34. The summed E-state index contributed by atoms with van der Waals surface area (Å²) in [7, 11) is 1.71. The van der Waals surface area contributed by atoms with Crippen LogP contribution in [0.25, 0.3) is 0 Å². The zero-order chi connectivity index (χ0) is 14.0. The number of carbonyl (C=O) groups is 2. The van der Waals surface area contributed by atoms with Gasteiger partial charge in [0.15, 0.2) is 0 Å². The van der Waals surface area contributed by atoms with E-state index in [1.165, 1.54) is 0 Å². The average Bonchev–Trinajstić information content (AvgIpc) is 2.73. The summed E-state index contributed by atoms with van der Waals surface area (Å²) in [6.45, 7) is 0.835. The molecule has 1 unspecified atom stereocenters. The van der Waals surface area contributed by atoms with Gasteiger partial charge in [0, 0.05) is 36.6 Å². The lowest BCUT2D eigenvalue weighted by Crippen LogP contribution is -2.33. The largest absolute Gasteiger partial charge is 0.355 e. The van der Waals surface area contributed by atoms with Gasteiger partial charge >= 0.3 is 0 Å². The molecule has 1 aromatic carbocycles. The van der Waals surface area contributed by atoms with Crippen molar-refractivity contribution in [1.82, 2.24) is 10.2 Å². The fraction of sp³-hybridized carbons (Fsp3) is 0.385. The normalized spacial score (nSPS) is 18.3. The summed E-state index contributed by atoms with van der Waals surface area (Å²) in [6.07, 6.45) is 0.263. The first-order chi connectivity index (χ1) is 8.95. The third-order valence-corrected chi connectivity index (χ3v) is 3.48. The van der Waals surface area contributed by atoms with Crippen molar-refractivity contribution in [3.05, 3.63) is 33.8 Å². The summed E-state index contributed by atoms with van der Waals surface area (Å²) in [5.74, 6) is -0.390. The van der Waals surface area contributed by atoms with E-state index in [1.54, 1.807) is 30.1 Å². The molecule has 1 N–H and O–H groups in total. The molecule has 0 spiro atoms. The third kappa shape index (κ3) is 3.61. The molecule has 1 aliphatic rings. The van der Waals surface area contributed by atoms with Crippen LogP contribution in [0.5, 0.6) is 0 Å². The van der Waals surface area contributed by atoms with Crippen molar-refractivity contribution in [3.63, 3.8) is 0 Å². The maximum absolute atomic E-state index is 12.1. The summed E-state index contributed by atoms with van der Waals surface area (Å²) >= 11 is 11.8. The van der Waals surface area contributed by atoms with Crippen molar-refractivity contribution >= 4 is 35.0 Å². The molecule has 1 heterocycles. The molecule has 0 aromatic heterocycles. The molecule has 0 bridgehead atoms. The molecule has 2 rings (SSSR count). The van der Waals surface area contributed by atoms with Crippen molar-refractivity contribution in [3.8, 4) is 0 Å². The van der Waals surface area contributed by atoms with Crippen LogP contribution in [-0.4, -0.2) is 30.3 Å². The van der Waals surface area contributed by atoms with Crippen LogP contribution in [0.1, 0.15) is 12.0 Å². The van der Waals surface area contributed by atoms with Crippen LogP contribution in [-0.2, 0) is 16.1 Å². The van der Waals surface area contributed by atoms with Crippen LogP contribution in [0.2, 0.25) is 10.0 Å². The zero-order valence-corrected chi connectivity index (χ0v) is 12.0. The summed E-state index contributed by atoms with van der Waals surface area (Å²) in [5, 5.41) is 3.74. The van der Waals surface area contributed by atoms with E-state index >= 15 is 0 Å². The van der Waals surface area contributed by atoms with E-state index in [2.05, 4.69) is 5.32 Å². The number of halogens is 2. The van der Waals surface area contributed by atoms with Crippen LogP contribution in [0.15, 0.2) is 18.2 Å². The van der Waals surface area contributed by atoms with Crippen molar-refractivity contribution in [2.45, 2.75) is 13.0 Å².